The average molecular weight is 593 g/mol. The Morgan fingerprint density at radius 1 is 1.00 bits per heavy atom. The van der Waals surface area contributed by atoms with E-state index in [0.717, 1.165) is 31.3 Å². The highest BCUT2D eigenvalue weighted by Gasteiger charge is 2.72. The Labute approximate surface area is 248 Å². The summed E-state index contributed by atoms with van der Waals surface area (Å²) >= 11 is 0. The molecule has 0 aromatic heterocycles. The van der Waals surface area contributed by atoms with Crippen LogP contribution >= 0.6 is 0 Å². The van der Waals surface area contributed by atoms with Gasteiger partial charge < -0.3 is 39.0 Å². The van der Waals surface area contributed by atoms with Crippen molar-refractivity contribution >= 4 is 11.9 Å². The highest BCUT2D eigenvalue weighted by molar-refractivity contribution is 5.85. The first-order valence-electron chi connectivity index (χ1n) is 15.7. The number of carbonyl (C=O) groups excluding carboxylic acids is 1. The number of rotatable bonds is 6. The third kappa shape index (κ3) is 4.11. The molecule has 4 saturated carbocycles. The van der Waals surface area contributed by atoms with Crippen LogP contribution in [-0.4, -0.2) is 90.5 Å². The van der Waals surface area contributed by atoms with Gasteiger partial charge in [0, 0.05) is 25.7 Å². The highest BCUT2D eigenvalue weighted by atomic mass is 16.7. The Bertz CT molecular complexity index is 1120. The molecular weight excluding hydrogens is 544 g/mol. The summed E-state index contributed by atoms with van der Waals surface area (Å²) < 4.78 is 29.0. The van der Waals surface area contributed by atoms with Crippen LogP contribution in [0.1, 0.15) is 78.6 Å². The number of aliphatic carboxylic acids is 1. The number of aliphatic hydroxyl groups excluding tert-OH is 1. The number of methoxy groups -OCH3 is 2. The van der Waals surface area contributed by atoms with E-state index >= 15 is 0 Å². The van der Waals surface area contributed by atoms with Crippen LogP contribution in [0.4, 0.5) is 0 Å². The molecule has 42 heavy (non-hydrogen) atoms. The number of carboxylic acids is 1. The van der Waals surface area contributed by atoms with Crippen LogP contribution in [0.5, 0.6) is 0 Å². The SMILES string of the molecule is CO[C@H]1[C@H](OC2CC[C@]3(C(=O)O)[C@H]4CC[C@]5(C)[C@@H](C6=CC(=O)OC6)CC[C@]5(O)[C@@H]4CC[C@]3(C)C2)O[C@H](C)[C@H](O)[C@@H]1OC. The second-order valence-corrected chi connectivity index (χ2v) is 14.5. The third-order valence-corrected chi connectivity index (χ3v) is 13.0. The summed E-state index contributed by atoms with van der Waals surface area (Å²) in [7, 11) is 3.07. The van der Waals surface area contributed by atoms with E-state index in [1.54, 1.807) is 20.1 Å². The monoisotopic (exact) mass is 592 g/mol. The number of ether oxygens (including phenoxy) is 5. The van der Waals surface area contributed by atoms with Crippen molar-refractivity contribution in [1.29, 1.82) is 0 Å². The molecule has 10 heteroatoms. The minimum atomic E-state index is -0.988. The zero-order chi connectivity index (χ0) is 30.2. The minimum absolute atomic E-state index is 0.0641. The summed E-state index contributed by atoms with van der Waals surface area (Å²) in [6.45, 7) is 6.33. The number of cyclic esters (lactones) is 1. The summed E-state index contributed by atoms with van der Waals surface area (Å²) in [5.41, 5.74) is -1.93. The standard InChI is InChI=1S/C32H48O10/c1-17-24(34)25(38-4)26(39-5)27(41-17)42-19-6-12-31(28(35)36)21-8-11-30(3)20(18-14-23(33)40-16-18)9-13-32(30,37)22(21)7-10-29(31,2)15-19/h14,17,19-22,24-27,34,37H,6-13,15-16H2,1-5H3,(H,35,36)/t17-,19?,20-,21+,22-,24+,25+,26-,27+,29-,30-,31-,32+/m1/s1. The molecule has 0 bridgehead atoms. The van der Waals surface area contributed by atoms with Crippen molar-refractivity contribution in [2.45, 2.75) is 121 Å². The van der Waals surface area contributed by atoms with Gasteiger partial charge in [-0.3, -0.25) is 4.79 Å². The number of aliphatic hydroxyl groups is 2. The van der Waals surface area contributed by atoms with Gasteiger partial charge in [0.15, 0.2) is 6.29 Å². The zero-order valence-electron chi connectivity index (χ0n) is 25.5. The summed E-state index contributed by atoms with van der Waals surface area (Å²) in [5, 5.41) is 34.1. The predicted octanol–water partition coefficient (Wildman–Crippen LogP) is 3.22. The van der Waals surface area contributed by atoms with Gasteiger partial charge in [0.25, 0.3) is 0 Å². The van der Waals surface area contributed by atoms with Crippen molar-refractivity contribution in [3.05, 3.63) is 11.6 Å². The molecule has 6 rings (SSSR count). The van der Waals surface area contributed by atoms with Crippen LogP contribution in [0.25, 0.3) is 0 Å². The first kappa shape index (κ1) is 30.5. The molecule has 0 aromatic carbocycles. The minimum Gasteiger partial charge on any atom is -0.481 e. The fourth-order valence-corrected chi connectivity index (χ4v) is 10.8. The Hall–Kier alpha value is -1.56. The Morgan fingerprint density at radius 3 is 2.36 bits per heavy atom. The lowest BCUT2D eigenvalue weighted by Crippen LogP contribution is -2.67. The van der Waals surface area contributed by atoms with Gasteiger partial charge >= 0.3 is 11.9 Å². The first-order valence-corrected chi connectivity index (χ1v) is 15.7. The van der Waals surface area contributed by atoms with Gasteiger partial charge in [-0.25, -0.2) is 4.79 Å². The molecule has 3 N–H and O–H groups in total. The maximum Gasteiger partial charge on any atom is 0.331 e. The molecule has 2 aliphatic heterocycles. The quantitative estimate of drug-likeness (QED) is 0.311. The van der Waals surface area contributed by atoms with Gasteiger partial charge in [-0.05, 0) is 93.5 Å². The molecule has 0 aromatic rings. The van der Waals surface area contributed by atoms with E-state index in [1.807, 2.05) is 0 Å². The number of carbonyl (C=O) groups is 2. The van der Waals surface area contributed by atoms with Crippen LogP contribution in [0.2, 0.25) is 0 Å². The van der Waals surface area contributed by atoms with Crippen molar-refractivity contribution in [2.75, 3.05) is 20.8 Å². The number of hydrogen-bond acceptors (Lipinski definition) is 9. The third-order valence-electron chi connectivity index (χ3n) is 13.0. The molecule has 6 aliphatic rings. The largest absolute Gasteiger partial charge is 0.481 e. The lowest BCUT2D eigenvalue weighted by molar-refractivity contribution is -0.320. The predicted molar refractivity (Wildman–Crippen MR) is 149 cm³/mol. The Balaban J connectivity index is 1.25. The van der Waals surface area contributed by atoms with Crippen molar-refractivity contribution in [3.8, 4) is 0 Å². The number of fused-ring (bicyclic) bond motifs is 5. The number of hydrogen-bond donors (Lipinski definition) is 3. The summed E-state index contributed by atoms with van der Waals surface area (Å²) in [5.74, 6) is -1.28. The van der Waals surface area contributed by atoms with Crippen molar-refractivity contribution in [1.82, 2.24) is 0 Å². The molecule has 2 heterocycles. The Morgan fingerprint density at radius 2 is 1.71 bits per heavy atom. The van der Waals surface area contributed by atoms with Crippen LogP contribution in [0.3, 0.4) is 0 Å². The lowest BCUT2D eigenvalue weighted by atomic mass is 9.38. The molecule has 5 fully saturated rings. The molecule has 0 spiro atoms. The van der Waals surface area contributed by atoms with E-state index in [9.17, 15) is 24.9 Å². The van der Waals surface area contributed by atoms with E-state index < -0.39 is 58.5 Å². The maximum atomic E-state index is 13.4. The van der Waals surface area contributed by atoms with Crippen LogP contribution in [0, 0.1) is 34.0 Å². The number of carboxylic acid groups (broad SMARTS) is 1. The molecule has 236 valence electrons. The second-order valence-electron chi connectivity index (χ2n) is 14.5. The molecule has 13 atom stereocenters. The molecule has 10 nitrogen and oxygen atoms in total. The molecule has 1 unspecified atom stereocenters. The van der Waals surface area contributed by atoms with Gasteiger partial charge in [-0.2, -0.15) is 0 Å². The molecular formula is C32H48O10. The van der Waals surface area contributed by atoms with E-state index in [4.69, 9.17) is 23.7 Å². The van der Waals surface area contributed by atoms with E-state index in [1.165, 1.54) is 7.11 Å². The first-order chi connectivity index (χ1) is 19.8. The molecule has 4 aliphatic carbocycles. The molecule has 0 radical (unpaired) electrons. The fraction of sp³-hybridized carbons (Fsp3) is 0.875. The van der Waals surface area contributed by atoms with E-state index in [0.29, 0.717) is 38.7 Å². The maximum absolute atomic E-state index is 13.4. The average Bonchev–Trinajstić information content (AvgIpc) is 3.49. The molecule has 1 saturated heterocycles. The Kier molecular flexibility index (Phi) is 7.63. The lowest BCUT2D eigenvalue weighted by Gasteiger charge is -2.66. The fourth-order valence-electron chi connectivity index (χ4n) is 10.8. The zero-order valence-corrected chi connectivity index (χ0v) is 25.5. The van der Waals surface area contributed by atoms with Crippen molar-refractivity contribution in [2.24, 2.45) is 34.0 Å². The van der Waals surface area contributed by atoms with Crippen LogP contribution in [-0.2, 0) is 33.3 Å². The van der Waals surface area contributed by atoms with Crippen LogP contribution in [0.15, 0.2) is 11.6 Å². The van der Waals surface area contributed by atoms with E-state index in [2.05, 4.69) is 13.8 Å². The van der Waals surface area contributed by atoms with Crippen molar-refractivity contribution < 1.29 is 48.6 Å². The van der Waals surface area contributed by atoms with Crippen molar-refractivity contribution in [3.63, 3.8) is 0 Å². The van der Waals surface area contributed by atoms with Gasteiger partial charge in [0.2, 0.25) is 0 Å². The smallest absolute Gasteiger partial charge is 0.331 e. The van der Waals surface area contributed by atoms with E-state index in [-0.39, 0.29) is 29.8 Å². The van der Waals surface area contributed by atoms with Gasteiger partial charge in [-0.15, -0.1) is 0 Å². The van der Waals surface area contributed by atoms with Crippen LogP contribution < -0.4 is 0 Å². The molecule has 0 amide bonds. The van der Waals surface area contributed by atoms with Gasteiger partial charge in [0.05, 0.1) is 23.2 Å². The van der Waals surface area contributed by atoms with Gasteiger partial charge in [0.1, 0.15) is 24.9 Å². The normalized spacial score (nSPS) is 52.1. The number of esters is 1. The summed E-state index contributed by atoms with van der Waals surface area (Å²) in [4.78, 5) is 25.3. The highest BCUT2D eigenvalue weighted by Crippen LogP contribution is 2.72. The van der Waals surface area contributed by atoms with Gasteiger partial charge in [-0.1, -0.05) is 13.8 Å². The summed E-state index contributed by atoms with van der Waals surface area (Å²) in [6, 6.07) is 0. The topological polar surface area (TPSA) is 141 Å². The summed E-state index contributed by atoms with van der Waals surface area (Å²) in [6.07, 6.45) is 3.92. The second kappa shape index (κ2) is 10.5.